The van der Waals surface area contributed by atoms with E-state index in [-0.39, 0.29) is 18.5 Å². The first-order valence-corrected chi connectivity index (χ1v) is 6.15. The number of hydrogen-bond donors (Lipinski definition) is 1. The second kappa shape index (κ2) is 7.27. The van der Waals surface area contributed by atoms with E-state index in [1.165, 1.54) is 4.90 Å². The molecule has 0 aromatic carbocycles. The zero-order valence-corrected chi connectivity index (χ0v) is 10.4. The molecule has 0 aliphatic heterocycles. The minimum atomic E-state index is -0.933. The van der Waals surface area contributed by atoms with Gasteiger partial charge in [0.2, 0.25) is 5.91 Å². The maximum absolute atomic E-state index is 11.9. The Balaban J connectivity index is 2.48. The topological polar surface area (TPSA) is 66.8 Å². The highest BCUT2D eigenvalue weighted by Crippen LogP contribution is 2.24. The predicted molar refractivity (Wildman–Crippen MR) is 62.7 cm³/mol. The summed E-state index contributed by atoms with van der Waals surface area (Å²) in [5, 5.41) is 8.85. The highest BCUT2D eigenvalue weighted by molar-refractivity contribution is 5.81. The Morgan fingerprint density at radius 3 is 2.53 bits per heavy atom. The number of rotatable bonds is 7. The normalized spacial score (nSPS) is 16.1. The van der Waals surface area contributed by atoms with E-state index in [9.17, 15) is 9.59 Å². The largest absolute Gasteiger partial charge is 0.480 e. The van der Waals surface area contributed by atoms with Crippen LogP contribution in [0.1, 0.15) is 38.5 Å². The molecule has 0 saturated heterocycles. The maximum Gasteiger partial charge on any atom is 0.323 e. The number of amides is 1. The van der Waals surface area contributed by atoms with Crippen molar-refractivity contribution in [2.24, 2.45) is 0 Å². The van der Waals surface area contributed by atoms with Crippen molar-refractivity contribution in [2.45, 2.75) is 44.6 Å². The highest BCUT2D eigenvalue weighted by atomic mass is 16.5. The summed E-state index contributed by atoms with van der Waals surface area (Å²) in [6.45, 7) is 0.369. The molecule has 0 aromatic rings. The van der Waals surface area contributed by atoms with Gasteiger partial charge in [0.05, 0.1) is 0 Å². The quantitative estimate of drug-likeness (QED) is 0.684. The molecule has 0 bridgehead atoms. The third-order valence-corrected chi connectivity index (χ3v) is 3.13. The summed E-state index contributed by atoms with van der Waals surface area (Å²) in [5.41, 5.74) is 0. The average molecular weight is 243 g/mol. The van der Waals surface area contributed by atoms with Gasteiger partial charge in [-0.1, -0.05) is 12.8 Å². The van der Waals surface area contributed by atoms with E-state index < -0.39 is 5.97 Å². The third kappa shape index (κ3) is 4.73. The van der Waals surface area contributed by atoms with Crippen LogP contribution in [0, 0.1) is 0 Å². The van der Waals surface area contributed by atoms with Crippen LogP contribution in [0.25, 0.3) is 0 Å². The Bertz CT molecular complexity index is 261. The molecule has 1 amide bonds. The molecule has 98 valence electrons. The van der Waals surface area contributed by atoms with Crippen molar-refractivity contribution < 1.29 is 19.4 Å². The second-order valence-electron chi connectivity index (χ2n) is 4.45. The van der Waals surface area contributed by atoms with Gasteiger partial charge in [-0.2, -0.15) is 0 Å². The molecular formula is C12H21NO4. The minimum Gasteiger partial charge on any atom is -0.480 e. The Labute approximate surface area is 102 Å². The Kier molecular flexibility index (Phi) is 5.97. The van der Waals surface area contributed by atoms with Gasteiger partial charge in [-0.25, -0.2) is 0 Å². The fourth-order valence-electron chi connectivity index (χ4n) is 2.29. The van der Waals surface area contributed by atoms with Crippen molar-refractivity contribution in [1.82, 2.24) is 4.90 Å². The Morgan fingerprint density at radius 2 is 2.00 bits per heavy atom. The van der Waals surface area contributed by atoms with Crippen LogP contribution < -0.4 is 0 Å². The first kappa shape index (κ1) is 14.0. The predicted octanol–water partition coefficient (Wildman–Crippen LogP) is 1.27. The summed E-state index contributed by atoms with van der Waals surface area (Å²) >= 11 is 0. The molecule has 0 unspecified atom stereocenters. The molecule has 0 aromatic heterocycles. The van der Waals surface area contributed by atoms with Crippen molar-refractivity contribution in [3.63, 3.8) is 0 Å². The number of carbonyl (C=O) groups excluding carboxylic acids is 1. The lowest BCUT2D eigenvalue weighted by Gasteiger charge is -2.27. The minimum absolute atomic E-state index is 0.0589. The van der Waals surface area contributed by atoms with Gasteiger partial charge in [0.15, 0.2) is 0 Å². The monoisotopic (exact) mass is 243 g/mol. The molecule has 0 spiro atoms. The summed E-state index contributed by atoms with van der Waals surface area (Å²) in [4.78, 5) is 24.3. The molecule has 1 saturated carbocycles. The molecule has 1 rings (SSSR count). The van der Waals surface area contributed by atoms with E-state index in [4.69, 9.17) is 9.84 Å². The number of carboxylic acid groups (broad SMARTS) is 1. The number of carboxylic acids is 1. The molecule has 17 heavy (non-hydrogen) atoms. The van der Waals surface area contributed by atoms with E-state index in [0.29, 0.717) is 19.4 Å². The molecule has 0 heterocycles. The van der Waals surface area contributed by atoms with Crippen LogP contribution in [0.5, 0.6) is 0 Å². The van der Waals surface area contributed by atoms with Crippen molar-refractivity contribution >= 4 is 11.9 Å². The van der Waals surface area contributed by atoms with Gasteiger partial charge in [0.25, 0.3) is 0 Å². The molecule has 1 N–H and O–H groups in total. The summed E-state index contributed by atoms with van der Waals surface area (Å²) < 4.78 is 4.89. The summed E-state index contributed by atoms with van der Waals surface area (Å²) in [5.74, 6) is -0.992. The van der Waals surface area contributed by atoms with Crippen LogP contribution in [0.15, 0.2) is 0 Å². The number of hydrogen-bond acceptors (Lipinski definition) is 3. The average Bonchev–Trinajstić information content (AvgIpc) is 2.79. The van der Waals surface area contributed by atoms with Gasteiger partial charge in [0, 0.05) is 26.2 Å². The van der Waals surface area contributed by atoms with Crippen molar-refractivity contribution in [3.8, 4) is 0 Å². The maximum atomic E-state index is 11.9. The number of aliphatic carboxylic acids is 1. The molecule has 1 fully saturated rings. The number of methoxy groups -OCH3 is 1. The van der Waals surface area contributed by atoms with Crippen molar-refractivity contribution in [3.05, 3.63) is 0 Å². The highest BCUT2D eigenvalue weighted by Gasteiger charge is 2.27. The van der Waals surface area contributed by atoms with Gasteiger partial charge in [-0.15, -0.1) is 0 Å². The zero-order chi connectivity index (χ0) is 12.7. The first-order valence-electron chi connectivity index (χ1n) is 6.15. The van der Waals surface area contributed by atoms with Crippen molar-refractivity contribution in [1.29, 1.82) is 0 Å². The molecule has 5 heteroatoms. The Hall–Kier alpha value is -1.10. The number of ether oxygens (including phenoxy) is 1. The fraction of sp³-hybridized carbons (Fsp3) is 0.833. The van der Waals surface area contributed by atoms with E-state index in [1.54, 1.807) is 7.11 Å². The van der Waals surface area contributed by atoms with Crippen molar-refractivity contribution in [2.75, 3.05) is 20.3 Å². The molecule has 0 radical (unpaired) electrons. The summed E-state index contributed by atoms with van der Waals surface area (Å²) in [7, 11) is 1.59. The summed E-state index contributed by atoms with van der Waals surface area (Å²) in [6.07, 6.45) is 5.07. The molecular weight excluding hydrogens is 222 g/mol. The van der Waals surface area contributed by atoms with E-state index >= 15 is 0 Å². The van der Waals surface area contributed by atoms with Gasteiger partial charge < -0.3 is 14.7 Å². The Morgan fingerprint density at radius 1 is 1.35 bits per heavy atom. The van der Waals surface area contributed by atoms with E-state index in [2.05, 4.69) is 0 Å². The van der Waals surface area contributed by atoms with Crippen LogP contribution in [0.4, 0.5) is 0 Å². The van der Waals surface area contributed by atoms with E-state index in [0.717, 1.165) is 25.7 Å². The lowest BCUT2D eigenvalue weighted by atomic mass is 10.2. The second-order valence-corrected chi connectivity index (χ2v) is 4.45. The van der Waals surface area contributed by atoms with Crippen LogP contribution in [0.3, 0.4) is 0 Å². The van der Waals surface area contributed by atoms with Gasteiger partial charge in [0.1, 0.15) is 6.54 Å². The standard InChI is InChI=1S/C12H21NO4/c1-17-8-4-7-11(14)13(9-12(15)16)10-5-2-3-6-10/h10H,2-9H2,1H3,(H,15,16). The smallest absolute Gasteiger partial charge is 0.323 e. The first-order chi connectivity index (χ1) is 8.15. The molecule has 1 aliphatic rings. The fourth-order valence-corrected chi connectivity index (χ4v) is 2.29. The van der Waals surface area contributed by atoms with Crippen LogP contribution in [-0.2, 0) is 14.3 Å². The SMILES string of the molecule is COCCCC(=O)N(CC(=O)O)C1CCCC1. The lowest BCUT2D eigenvalue weighted by molar-refractivity contribution is -0.146. The van der Waals surface area contributed by atoms with Gasteiger partial charge in [-0.05, 0) is 19.3 Å². The lowest BCUT2D eigenvalue weighted by Crippen LogP contribution is -2.42. The zero-order valence-electron chi connectivity index (χ0n) is 10.4. The molecule has 1 aliphatic carbocycles. The molecule has 5 nitrogen and oxygen atoms in total. The van der Waals surface area contributed by atoms with Gasteiger partial charge in [-0.3, -0.25) is 9.59 Å². The summed E-state index contributed by atoms with van der Waals surface area (Å²) in [6, 6.07) is 0.126. The van der Waals surface area contributed by atoms with Gasteiger partial charge >= 0.3 is 5.97 Å². The van der Waals surface area contributed by atoms with Crippen LogP contribution in [-0.4, -0.2) is 48.2 Å². The van der Waals surface area contributed by atoms with Crippen LogP contribution >= 0.6 is 0 Å². The number of nitrogens with zero attached hydrogens (tertiary/aromatic N) is 1. The van der Waals surface area contributed by atoms with E-state index in [1.807, 2.05) is 0 Å². The number of carbonyl (C=O) groups is 2. The third-order valence-electron chi connectivity index (χ3n) is 3.13. The molecule has 0 atom stereocenters. The van der Waals surface area contributed by atoms with Crippen LogP contribution in [0.2, 0.25) is 0 Å².